The second-order valence-corrected chi connectivity index (χ2v) is 0.129. The maximum atomic E-state index is 7.10. The van der Waals surface area contributed by atoms with Gasteiger partial charge in [0, 0.05) is 0 Å². The van der Waals surface area contributed by atoms with Gasteiger partial charge in [0.1, 0.15) is 0 Å². The van der Waals surface area contributed by atoms with Crippen LogP contribution in [0.3, 0.4) is 0 Å². The van der Waals surface area contributed by atoms with Crippen molar-refractivity contribution in [3.8, 4) is 5.97 Å². The molecule has 3 N–H and O–H groups in total. The summed E-state index contributed by atoms with van der Waals surface area (Å²) in [4.78, 5) is 0. The summed E-state index contributed by atoms with van der Waals surface area (Å²) in [5.74, 6) is 1.25. The molecule has 0 aromatic heterocycles. The van der Waals surface area contributed by atoms with Gasteiger partial charge in [-0.3, -0.25) is 0 Å². The molecule has 20 valence electrons. The minimum atomic E-state index is 0. The summed E-state index contributed by atoms with van der Waals surface area (Å²) >= 11 is 0. The Bertz CT molecular complexity index is 27.5. The lowest BCUT2D eigenvalue weighted by molar-refractivity contribution is 1.57. The summed E-state index contributed by atoms with van der Waals surface area (Å²) in [6.07, 6.45) is 0. The van der Waals surface area contributed by atoms with E-state index in [0.717, 1.165) is 0 Å². The van der Waals surface area contributed by atoms with Crippen molar-refractivity contribution in [1.82, 2.24) is 6.15 Å². The second kappa shape index (κ2) is 21.8. The number of hydrogen-bond donors (Lipinski definition) is 1. The molecule has 0 spiro atoms. The number of rotatable bonds is 0. The lowest BCUT2D eigenvalue weighted by Crippen LogP contribution is -1.32. The first-order chi connectivity index (χ1) is 1.41. The predicted octanol–water partition coefficient (Wildman–Crippen LogP) is -0.202. The predicted molar refractivity (Wildman–Crippen MR) is 16.4 cm³/mol. The third-order valence-electron chi connectivity index (χ3n) is 0. The van der Waals surface area contributed by atoms with E-state index in [2.05, 4.69) is 7.85 Å². The van der Waals surface area contributed by atoms with Gasteiger partial charge in [0.05, 0.1) is 0 Å². The molecule has 0 atom stereocenters. The molecule has 0 fully saturated rings. The minimum Gasteiger partial charge on any atom is -0.344 e. The van der Waals surface area contributed by atoms with Gasteiger partial charge in [0.2, 0.25) is 7.85 Å². The van der Waals surface area contributed by atoms with Gasteiger partial charge in [-0.1, -0.05) is 0 Å². The highest BCUT2D eigenvalue weighted by atomic mass is 14.2. The van der Waals surface area contributed by atoms with E-state index in [9.17, 15) is 0 Å². The van der Waals surface area contributed by atoms with Crippen LogP contribution in [0.5, 0.6) is 0 Å². The Labute approximate surface area is 26.4 Å². The Morgan fingerprint density at radius 2 is 1.75 bits per heavy atom. The van der Waals surface area contributed by atoms with Gasteiger partial charge in [-0.25, -0.2) is 5.26 Å². The lowest BCUT2D eigenvalue weighted by Gasteiger charge is -1.12. The number of nitrogens with zero attached hydrogens (tertiary/aromatic N) is 1. The van der Waals surface area contributed by atoms with Crippen LogP contribution in [-0.4, -0.2) is 7.85 Å². The summed E-state index contributed by atoms with van der Waals surface area (Å²) < 4.78 is 0. The molecule has 0 bridgehead atoms. The van der Waals surface area contributed by atoms with Gasteiger partial charge >= 0.3 is 0 Å². The Morgan fingerprint density at radius 3 is 1.75 bits per heavy atom. The molecule has 0 aromatic carbocycles. The van der Waals surface area contributed by atoms with Crippen molar-refractivity contribution in [1.29, 1.82) is 5.26 Å². The third kappa shape index (κ3) is 1.71. The van der Waals surface area contributed by atoms with E-state index in [0.29, 0.717) is 0 Å². The molecule has 0 heterocycles. The largest absolute Gasteiger partial charge is 0.344 e. The van der Waals surface area contributed by atoms with Crippen LogP contribution >= 0.6 is 0 Å². The van der Waals surface area contributed by atoms with Crippen LogP contribution in [0.1, 0.15) is 0 Å². The number of hydrogen-bond acceptors (Lipinski definition) is 2. The van der Waals surface area contributed by atoms with E-state index in [1.54, 1.807) is 0 Å². The molecule has 0 aromatic rings. The van der Waals surface area contributed by atoms with Crippen molar-refractivity contribution in [2.24, 2.45) is 0 Å². The Hall–Kier alpha value is -0.485. The SMILES string of the molecule is N.[B]C#N. The second-order valence-electron chi connectivity index (χ2n) is 0.129. The van der Waals surface area contributed by atoms with E-state index in [1.165, 1.54) is 5.97 Å². The highest BCUT2D eigenvalue weighted by Crippen LogP contribution is 1.04. The molecule has 0 saturated carbocycles. The standard InChI is InChI=1S/CBN.H3N/c2-1-3;/h;1H3. The van der Waals surface area contributed by atoms with Gasteiger partial charge in [0.25, 0.3) is 0 Å². The molecule has 0 aliphatic rings. The molecule has 0 unspecified atom stereocenters. The van der Waals surface area contributed by atoms with E-state index in [1.807, 2.05) is 0 Å². The van der Waals surface area contributed by atoms with Crippen molar-refractivity contribution < 1.29 is 0 Å². The van der Waals surface area contributed by atoms with Gasteiger partial charge < -0.3 is 6.15 Å². The Balaban J connectivity index is 0. The van der Waals surface area contributed by atoms with Crippen LogP contribution in [0.4, 0.5) is 0 Å². The van der Waals surface area contributed by atoms with Crippen LogP contribution < -0.4 is 6.15 Å². The Kier molecular flexibility index (Phi) is 52.7. The number of nitriles is 1. The average Bonchev–Trinajstić information content (AvgIpc) is 0.918. The molecule has 3 heteroatoms. The normalized spacial score (nSPS) is 1.75. The van der Waals surface area contributed by atoms with E-state index >= 15 is 0 Å². The molecule has 0 aliphatic heterocycles. The summed E-state index contributed by atoms with van der Waals surface area (Å²) in [6.45, 7) is 0. The molecular formula is CH3BN2. The van der Waals surface area contributed by atoms with Crippen LogP contribution in [-0.2, 0) is 0 Å². The maximum absolute atomic E-state index is 7.10. The fourth-order valence-corrected chi connectivity index (χ4v) is 0. The molecule has 2 radical (unpaired) electrons. The van der Waals surface area contributed by atoms with E-state index < -0.39 is 0 Å². The average molecular weight is 53.9 g/mol. The van der Waals surface area contributed by atoms with Crippen molar-refractivity contribution in [2.75, 3.05) is 0 Å². The fraction of sp³-hybridized carbons (Fsp3) is 0. The van der Waals surface area contributed by atoms with Crippen molar-refractivity contribution in [2.45, 2.75) is 0 Å². The van der Waals surface area contributed by atoms with Crippen LogP contribution in [0, 0.1) is 11.2 Å². The van der Waals surface area contributed by atoms with Gasteiger partial charge in [-0.05, 0) is 5.97 Å². The molecule has 2 nitrogen and oxygen atoms in total. The quantitative estimate of drug-likeness (QED) is 0.389. The summed E-state index contributed by atoms with van der Waals surface area (Å²) in [6, 6.07) is 0. The smallest absolute Gasteiger partial charge is 0.229 e. The highest BCUT2D eigenvalue weighted by molar-refractivity contribution is 6.20. The van der Waals surface area contributed by atoms with Gasteiger partial charge in [-0.15, -0.1) is 0 Å². The van der Waals surface area contributed by atoms with Gasteiger partial charge in [0.15, 0.2) is 0 Å². The first-order valence-corrected chi connectivity index (χ1v) is 0.512. The molecular weight excluding hydrogens is 50.8 g/mol. The van der Waals surface area contributed by atoms with Crippen molar-refractivity contribution in [3.05, 3.63) is 0 Å². The first-order valence-electron chi connectivity index (χ1n) is 0.512. The van der Waals surface area contributed by atoms with Crippen molar-refractivity contribution in [3.63, 3.8) is 0 Å². The zero-order chi connectivity index (χ0) is 2.71. The molecule has 0 aliphatic carbocycles. The molecule has 0 saturated heterocycles. The topological polar surface area (TPSA) is 58.8 Å². The maximum Gasteiger partial charge on any atom is 0.229 e. The summed E-state index contributed by atoms with van der Waals surface area (Å²) in [7, 11) is 4.15. The minimum absolute atomic E-state index is 0. The van der Waals surface area contributed by atoms with Crippen LogP contribution in [0.15, 0.2) is 0 Å². The van der Waals surface area contributed by atoms with E-state index in [-0.39, 0.29) is 6.15 Å². The first kappa shape index (κ1) is 9.69. The highest BCUT2D eigenvalue weighted by Gasteiger charge is 1.22. The van der Waals surface area contributed by atoms with Crippen molar-refractivity contribution >= 4 is 7.85 Å². The van der Waals surface area contributed by atoms with Crippen LogP contribution in [0.25, 0.3) is 0 Å². The zero-order valence-corrected chi connectivity index (χ0v) is 2.23. The van der Waals surface area contributed by atoms with Crippen LogP contribution in [0.2, 0.25) is 0 Å². The molecule has 4 heavy (non-hydrogen) atoms. The molecule has 0 amide bonds. The fourth-order valence-electron chi connectivity index (χ4n) is 0. The lowest BCUT2D eigenvalue weighted by atomic mass is 10.2. The monoisotopic (exact) mass is 54.0 g/mol. The Morgan fingerprint density at radius 1 is 1.75 bits per heavy atom. The van der Waals surface area contributed by atoms with E-state index in [4.69, 9.17) is 5.26 Å². The summed E-state index contributed by atoms with van der Waals surface area (Å²) in [5.41, 5.74) is 0. The zero-order valence-electron chi connectivity index (χ0n) is 2.23. The molecule has 0 rings (SSSR count). The van der Waals surface area contributed by atoms with Gasteiger partial charge in [-0.2, -0.15) is 0 Å². The third-order valence-corrected chi connectivity index (χ3v) is 0. The summed E-state index contributed by atoms with van der Waals surface area (Å²) in [5, 5.41) is 7.10.